The first-order valence-corrected chi connectivity index (χ1v) is 13.0. The van der Waals surface area contributed by atoms with E-state index in [1.165, 1.54) is 0 Å². The summed E-state index contributed by atoms with van der Waals surface area (Å²) in [5.74, 6) is 6.34. The van der Waals surface area contributed by atoms with E-state index in [-0.39, 0.29) is 24.9 Å². The van der Waals surface area contributed by atoms with Crippen molar-refractivity contribution < 1.29 is 24.1 Å². The van der Waals surface area contributed by atoms with Gasteiger partial charge in [-0.3, -0.25) is 10.8 Å². The lowest BCUT2D eigenvalue weighted by Gasteiger charge is -2.28. The molecule has 2 fully saturated rings. The zero-order chi connectivity index (χ0) is 26.3. The number of amides is 1. The normalized spacial score (nSPS) is 22.1. The molecule has 5 rings (SSSR count). The minimum Gasteiger partial charge on any atom is -0.443 e. The summed E-state index contributed by atoms with van der Waals surface area (Å²) in [4.78, 5) is 17.2. The molecule has 3 heterocycles. The Labute approximate surface area is 222 Å². The molecule has 200 valence electrons. The number of carbonyl (C=O) groups excluding carboxylic acids is 1. The molecule has 2 aromatic carbocycles. The van der Waals surface area contributed by atoms with E-state index in [1.807, 2.05) is 72.8 Å². The SMILES string of the molecule is NN(Cc1ccc(-c2ccccn2)cc1)C[C@H](O)[C@H](Cc1ccccc1)NC(=O)O[C@H]1CO[C@H]2OCC[C@H]21. The largest absolute Gasteiger partial charge is 0.443 e. The fraction of sp³-hybridized carbons (Fsp3) is 0.379. The lowest BCUT2D eigenvalue weighted by molar-refractivity contribution is -0.0907. The summed E-state index contributed by atoms with van der Waals surface area (Å²) in [5.41, 5.74) is 3.91. The summed E-state index contributed by atoms with van der Waals surface area (Å²) in [6.45, 7) is 1.50. The number of ether oxygens (including phenoxy) is 3. The van der Waals surface area contributed by atoms with E-state index in [0.717, 1.165) is 28.8 Å². The van der Waals surface area contributed by atoms with Crippen molar-refractivity contribution in [3.05, 3.63) is 90.1 Å². The molecule has 9 heteroatoms. The Morgan fingerprint density at radius 1 is 1.08 bits per heavy atom. The number of fused-ring (bicyclic) bond motifs is 1. The molecule has 0 radical (unpaired) electrons. The van der Waals surface area contributed by atoms with Crippen molar-refractivity contribution in [3.63, 3.8) is 0 Å². The highest BCUT2D eigenvalue weighted by molar-refractivity contribution is 5.68. The summed E-state index contributed by atoms with van der Waals surface area (Å²) < 4.78 is 16.8. The maximum atomic E-state index is 12.8. The number of alkyl carbamates (subject to hydrolysis) is 1. The quantitative estimate of drug-likeness (QED) is 0.277. The van der Waals surface area contributed by atoms with Gasteiger partial charge in [-0.15, -0.1) is 0 Å². The molecule has 3 aromatic rings. The van der Waals surface area contributed by atoms with Gasteiger partial charge in [-0.25, -0.2) is 9.80 Å². The minimum atomic E-state index is -0.928. The predicted molar refractivity (Wildman–Crippen MR) is 141 cm³/mol. The minimum absolute atomic E-state index is 0.0434. The fourth-order valence-electron chi connectivity index (χ4n) is 5.00. The first-order valence-electron chi connectivity index (χ1n) is 13.0. The molecule has 0 unspecified atom stereocenters. The van der Waals surface area contributed by atoms with Crippen LogP contribution in [-0.4, -0.2) is 65.5 Å². The molecule has 2 saturated heterocycles. The molecular weight excluding hydrogens is 484 g/mol. The third kappa shape index (κ3) is 6.75. The van der Waals surface area contributed by atoms with Crippen molar-refractivity contribution in [1.29, 1.82) is 0 Å². The van der Waals surface area contributed by atoms with Gasteiger partial charge in [0.15, 0.2) is 6.29 Å². The number of nitrogens with zero attached hydrogens (tertiary/aromatic N) is 2. The van der Waals surface area contributed by atoms with Gasteiger partial charge < -0.3 is 24.6 Å². The molecule has 1 amide bonds. The van der Waals surface area contributed by atoms with Crippen LogP contribution >= 0.6 is 0 Å². The van der Waals surface area contributed by atoms with Gasteiger partial charge >= 0.3 is 6.09 Å². The van der Waals surface area contributed by atoms with Crippen LogP contribution in [-0.2, 0) is 27.2 Å². The van der Waals surface area contributed by atoms with Crippen molar-refractivity contribution in [3.8, 4) is 11.3 Å². The number of hydrogen-bond donors (Lipinski definition) is 3. The maximum absolute atomic E-state index is 12.8. The van der Waals surface area contributed by atoms with Gasteiger partial charge in [0.1, 0.15) is 6.10 Å². The van der Waals surface area contributed by atoms with Gasteiger partial charge in [0, 0.05) is 24.8 Å². The summed E-state index contributed by atoms with van der Waals surface area (Å²) >= 11 is 0. The van der Waals surface area contributed by atoms with Crippen molar-refractivity contribution in [2.75, 3.05) is 19.8 Å². The first kappa shape index (κ1) is 26.3. The molecule has 0 spiro atoms. The van der Waals surface area contributed by atoms with Crippen molar-refractivity contribution >= 4 is 6.09 Å². The predicted octanol–water partition coefficient (Wildman–Crippen LogP) is 2.88. The molecule has 0 saturated carbocycles. The smallest absolute Gasteiger partial charge is 0.407 e. The number of pyridine rings is 1. The summed E-state index contributed by atoms with van der Waals surface area (Å²) in [6.07, 6.45) is 0.815. The van der Waals surface area contributed by atoms with E-state index >= 15 is 0 Å². The number of nitrogens with one attached hydrogen (secondary N) is 1. The number of carbonyl (C=O) groups is 1. The third-order valence-electron chi connectivity index (χ3n) is 7.03. The van der Waals surface area contributed by atoms with Crippen LogP contribution in [0.2, 0.25) is 0 Å². The average Bonchev–Trinajstić information content (AvgIpc) is 3.55. The zero-order valence-electron chi connectivity index (χ0n) is 21.2. The second-order valence-electron chi connectivity index (χ2n) is 9.82. The van der Waals surface area contributed by atoms with Gasteiger partial charge in [0.25, 0.3) is 0 Å². The van der Waals surface area contributed by atoms with Gasteiger partial charge in [-0.1, -0.05) is 60.7 Å². The van der Waals surface area contributed by atoms with Crippen LogP contribution in [0.25, 0.3) is 11.3 Å². The highest BCUT2D eigenvalue weighted by Gasteiger charge is 2.44. The second-order valence-corrected chi connectivity index (χ2v) is 9.82. The van der Waals surface area contributed by atoms with Crippen LogP contribution in [0.15, 0.2) is 79.0 Å². The summed E-state index contributed by atoms with van der Waals surface area (Å²) in [7, 11) is 0. The number of benzene rings is 2. The van der Waals surface area contributed by atoms with Gasteiger partial charge in [-0.2, -0.15) is 0 Å². The van der Waals surface area contributed by atoms with E-state index in [9.17, 15) is 9.90 Å². The topological polar surface area (TPSA) is 119 Å². The number of hydrogen-bond acceptors (Lipinski definition) is 8. The summed E-state index contributed by atoms with van der Waals surface area (Å²) in [5, 5.41) is 15.5. The van der Waals surface area contributed by atoms with Crippen LogP contribution in [0.4, 0.5) is 4.79 Å². The number of aliphatic hydroxyl groups excluding tert-OH is 1. The monoisotopic (exact) mass is 518 g/mol. The Bertz CT molecular complexity index is 1160. The zero-order valence-corrected chi connectivity index (χ0v) is 21.2. The van der Waals surface area contributed by atoms with Crippen molar-refractivity contribution in [2.24, 2.45) is 11.8 Å². The number of rotatable bonds is 10. The van der Waals surface area contributed by atoms with E-state index < -0.39 is 18.2 Å². The Kier molecular flexibility index (Phi) is 8.62. The molecule has 38 heavy (non-hydrogen) atoms. The van der Waals surface area contributed by atoms with Crippen LogP contribution < -0.4 is 11.2 Å². The standard InChI is InChI=1S/C29H34N4O5/c30-33(17-21-9-11-22(12-10-21)24-8-4-5-14-31-24)18-26(34)25(16-20-6-2-1-3-7-20)32-29(35)38-27-19-37-28-23(27)13-15-36-28/h1-12,14,23,25-28,34H,13,15-19,30H2,(H,32,35)/t23-,25-,26-,27-,28+/m0/s1. The third-order valence-corrected chi connectivity index (χ3v) is 7.03. The van der Waals surface area contributed by atoms with Crippen LogP contribution in [0.1, 0.15) is 17.5 Å². The first-order chi connectivity index (χ1) is 18.5. The molecule has 0 bridgehead atoms. The van der Waals surface area contributed by atoms with Gasteiger partial charge in [-0.05, 0) is 36.1 Å². The van der Waals surface area contributed by atoms with Gasteiger partial charge in [0.2, 0.25) is 0 Å². The van der Waals surface area contributed by atoms with Gasteiger partial charge in [0.05, 0.1) is 37.0 Å². The highest BCUT2D eigenvalue weighted by atomic mass is 16.7. The molecule has 5 atom stereocenters. The average molecular weight is 519 g/mol. The Balaban J connectivity index is 1.19. The lowest BCUT2D eigenvalue weighted by Crippen LogP contribution is -2.51. The molecule has 9 nitrogen and oxygen atoms in total. The van der Waals surface area contributed by atoms with Crippen molar-refractivity contribution in [1.82, 2.24) is 15.3 Å². The van der Waals surface area contributed by atoms with E-state index in [0.29, 0.717) is 26.2 Å². The number of aromatic nitrogens is 1. The molecule has 4 N–H and O–H groups in total. The number of hydrazine groups is 1. The Morgan fingerprint density at radius 3 is 2.63 bits per heavy atom. The van der Waals surface area contributed by atoms with E-state index in [1.54, 1.807) is 11.2 Å². The second kappa shape index (κ2) is 12.5. The molecule has 0 aliphatic carbocycles. The fourth-order valence-corrected chi connectivity index (χ4v) is 5.00. The molecular formula is C29H34N4O5. The Hall–Kier alpha value is -3.34. The van der Waals surface area contributed by atoms with Crippen LogP contribution in [0.5, 0.6) is 0 Å². The maximum Gasteiger partial charge on any atom is 0.407 e. The number of aliphatic hydroxyl groups is 1. The molecule has 2 aliphatic rings. The van der Waals surface area contributed by atoms with E-state index in [4.69, 9.17) is 20.1 Å². The van der Waals surface area contributed by atoms with Crippen LogP contribution in [0.3, 0.4) is 0 Å². The molecule has 2 aliphatic heterocycles. The summed E-state index contributed by atoms with van der Waals surface area (Å²) in [6, 6.07) is 22.9. The Morgan fingerprint density at radius 2 is 1.87 bits per heavy atom. The highest BCUT2D eigenvalue weighted by Crippen LogP contribution is 2.33. The van der Waals surface area contributed by atoms with Crippen LogP contribution in [0, 0.1) is 5.92 Å². The number of nitrogens with two attached hydrogens (primary N) is 1. The van der Waals surface area contributed by atoms with Crippen molar-refractivity contribution in [2.45, 2.75) is 43.9 Å². The molecule has 1 aromatic heterocycles. The lowest BCUT2D eigenvalue weighted by atomic mass is 10.0. The van der Waals surface area contributed by atoms with E-state index in [2.05, 4.69) is 10.3 Å².